The Morgan fingerprint density at radius 3 is 2.36 bits per heavy atom. The summed E-state index contributed by atoms with van der Waals surface area (Å²) in [4.78, 5) is 31.9. The minimum Gasteiger partial charge on any atom is -0.303 e. The molecule has 6 nitrogen and oxygen atoms in total. The summed E-state index contributed by atoms with van der Waals surface area (Å²) in [5.74, 6) is 0.219. The highest BCUT2D eigenvalue weighted by Gasteiger charge is 2.34. The van der Waals surface area contributed by atoms with Gasteiger partial charge in [0.15, 0.2) is 5.11 Å². The maximum Gasteiger partial charge on any atom is 0.270 e. The highest BCUT2D eigenvalue weighted by Crippen LogP contribution is 2.27. The van der Waals surface area contributed by atoms with Crippen LogP contribution in [-0.2, 0) is 9.59 Å². The van der Waals surface area contributed by atoms with Crippen LogP contribution in [0.5, 0.6) is 0 Å². The van der Waals surface area contributed by atoms with E-state index in [1.54, 1.807) is 12.3 Å². The third kappa shape index (κ3) is 4.24. The Morgan fingerprint density at radius 1 is 1.03 bits per heavy atom. The normalized spacial score (nSPS) is 15.5. The van der Waals surface area contributed by atoms with E-state index in [0.717, 1.165) is 33.9 Å². The van der Waals surface area contributed by atoms with Gasteiger partial charge < -0.3 is 4.57 Å². The highest BCUT2D eigenvalue weighted by molar-refractivity contribution is 7.80. The molecule has 2 aromatic heterocycles. The number of nitrogens with one attached hydrogen (secondary N) is 1. The Kier molecular flexibility index (Phi) is 5.99. The number of nitrogens with zero attached hydrogens (tertiary/aromatic N) is 3. The van der Waals surface area contributed by atoms with E-state index < -0.39 is 11.8 Å². The van der Waals surface area contributed by atoms with Gasteiger partial charge >= 0.3 is 0 Å². The van der Waals surface area contributed by atoms with Gasteiger partial charge in [0, 0.05) is 17.6 Å². The molecular weight excluding hydrogens is 432 g/mol. The number of amides is 2. The van der Waals surface area contributed by atoms with Gasteiger partial charge in [-0.3, -0.25) is 19.8 Å². The summed E-state index contributed by atoms with van der Waals surface area (Å²) in [6.07, 6.45) is 3.40. The van der Waals surface area contributed by atoms with Crippen LogP contribution in [0.15, 0.2) is 54.2 Å². The fraction of sp³-hybridized carbons (Fsp3) is 0.231. The number of hydrogen-bond donors (Lipinski definition) is 1. The lowest BCUT2D eigenvalue weighted by molar-refractivity contribution is -0.122. The van der Waals surface area contributed by atoms with Crippen molar-refractivity contribution in [1.82, 2.24) is 14.9 Å². The van der Waals surface area contributed by atoms with Crippen LogP contribution in [0.3, 0.4) is 0 Å². The van der Waals surface area contributed by atoms with Crippen LogP contribution < -0.4 is 10.2 Å². The molecule has 1 saturated heterocycles. The Hall–Kier alpha value is -3.58. The number of pyridine rings is 1. The molecule has 0 bridgehead atoms. The maximum atomic E-state index is 13.4. The minimum absolute atomic E-state index is 0.0361. The van der Waals surface area contributed by atoms with Gasteiger partial charge in [-0.15, -0.1) is 0 Å². The van der Waals surface area contributed by atoms with Crippen LogP contribution in [0.4, 0.5) is 5.69 Å². The molecule has 1 aliphatic heterocycles. The predicted octanol–water partition coefficient (Wildman–Crippen LogP) is 4.75. The van der Waals surface area contributed by atoms with Gasteiger partial charge in [-0.2, -0.15) is 0 Å². The first kappa shape index (κ1) is 22.6. The van der Waals surface area contributed by atoms with Gasteiger partial charge in [-0.25, -0.2) is 4.98 Å². The maximum absolute atomic E-state index is 13.4. The van der Waals surface area contributed by atoms with Crippen molar-refractivity contribution in [2.75, 3.05) is 4.90 Å². The SMILES string of the molecule is Cc1ccnc(-n2c(C)cc(/C=C3\C(=O)NC(=S)N(c4ccc(C(C)C)cc4)C3=O)c2C)c1. The second-order valence-corrected chi connectivity index (χ2v) is 8.94. The number of anilines is 1. The van der Waals surface area contributed by atoms with Gasteiger partial charge in [-0.1, -0.05) is 26.0 Å². The Labute approximate surface area is 198 Å². The van der Waals surface area contributed by atoms with Crippen molar-refractivity contribution in [1.29, 1.82) is 0 Å². The van der Waals surface area contributed by atoms with Crippen molar-refractivity contribution in [2.45, 2.75) is 40.5 Å². The van der Waals surface area contributed by atoms with Crippen LogP contribution in [0, 0.1) is 20.8 Å². The summed E-state index contributed by atoms with van der Waals surface area (Å²) in [6, 6.07) is 13.5. The molecule has 0 atom stereocenters. The molecule has 3 heterocycles. The van der Waals surface area contributed by atoms with Crippen molar-refractivity contribution in [3.05, 3.63) is 82.3 Å². The first-order valence-electron chi connectivity index (χ1n) is 10.8. The summed E-state index contributed by atoms with van der Waals surface area (Å²) in [5, 5.41) is 2.73. The summed E-state index contributed by atoms with van der Waals surface area (Å²) in [7, 11) is 0. The molecule has 2 amide bonds. The number of aromatic nitrogens is 2. The van der Waals surface area contributed by atoms with E-state index >= 15 is 0 Å². The molecule has 7 heteroatoms. The fourth-order valence-corrected chi connectivity index (χ4v) is 4.27. The monoisotopic (exact) mass is 458 g/mol. The molecular formula is C26H26N4O2S. The molecule has 33 heavy (non-hydrogen) atoms. The molecule has 1 aliphatic rings. The van der Waals surface area contributed by atoms with Crippen molar-refractivity contribution < 1.29 is 9.59 Å². The van der Waals surface area contributed by atoms with E-state index in [4.69, 9.17) is 12.2 Å². The first-order chi connectivity index (χ1) is 15.7. The average molecular weight is 459 g/mol. The van der Waals surface area contributed by atoms with Crippen LogP contribution in [0.2, 0.25) is 0 Å². The van der Waals surface area contributed by atoms with Gasteiger partial charge in [0.2, 0.25) is 0 Å². The van der Waals surface area contributed by atoms with Gasteiger partial charge in [0.1, 0.15) is 11.4 Å². The Morgan fingerprint density at radius 2 is 1.73 bits per heavy atom. The molecule has 1 N–H and O–H groups in total. The Balaban J connectivity index is 1.73. The molecule has 0 aliphatic carbocycles. The molecule has 0 spiro atoms. The van der Waals surface area contributed by atoms with E-state index in [1.807, 2.05) is 67.8 Å². The Bertz CT molecular complexity index is 1300. The molecule has 0 radical (unpaired) electrons. The zero-order chi connectivity index (χ0) is 23.9. The number of hydrogen-bond acceptors (Lipinski definition) is 4. The third-order valence-electron chi connectivity index (χ3n) is 5.82. The van der Waals surface area contributed by atoms with Crippen LogP contribution in [-0.4, -0.2) is 26.5 Å². The summed E-state index contributed by atoms with van der Waals surface area (Å²) in [6.45, 7) is 10.1. The summed E-state index contributed by atoms with van der Waals surface area (Å²) < 4.78 is 2.01. The van der Waals surface area contributed by atoms with Crippen molar-refractivity contribution in [2.24, 2.45) is 0 Å². The molecule has 1 fully saturated rings. The fourth-order valence-electron chi connectivity index (χ4n) is 3.98. The number of carbonyl (C=O) groups excluding carboxylic acids is 2. The minimum atomic E-state index is -0.501. The quantitative estimate of drug-likeness (QED) is 0.348. The topological polar surface area (TPSA) is 67.2 Å². The van der Waals surface area contributed by atoms with E-state index in [9.17, 15) is 9.59 Å². The number of thiocarbonyl (C=S) groups is 1. The van der Waals surface area contributed by atoms with E-state index in [1.165, 1.54) is 4.90 Å². The number of rotatable bonds is 4. The molecule has 0 unspecified atom stereocenters. The number of aryl methyl sites for hydroxylation is 2. The average Bonchev–Trinajstić information content (AvgIpc) is 3.04. The lowest BCUT2D eigenvalue weighted by Gasteiger charge is -2.29. The van der Waals surface area contributed by atoms with Gasteiger partial charge in [-0.05, 0) is 92.0 Å². The molecule has 168 valence electrons. The highest BCUT2D eigenvalue weighted by atomic mass is 32.1. The van der Waals surface area contributed by atoms with Crippen LogP contribution in [0.1, 0.15) is 47.8 Å². The second kappa shape index (κ2) is 8.75. The zero-order valence-electron chi connectivity index (χ0n) is 19.3. The van der Waals surface area contributed by atoms with Crippen LogP contribution >= 0.6 is 12.2 Å². The third-order valence-corrected chi connectivity index (χ3v) is 6.10. The molecule has 3 aromatic rings. The first-order valence-corrected chi connectivity index (χ1v) is 11.2. The molecule has 0 saturated carbocycles. The second-order valence-electron chi connectivity index (χ2n) is 8.56. The number of benzene rings is 1. The van der Waals surface area contributed by atoms with E-state index in [0.29, 0.717) is 11.6 Å². The van der Waals surface area contributed by atoms with Crippen molar-refractivity contribution in [3.63, 3.8) is 0 Å². The summed E-state index contributed by atoms with van der Waals surface area (Å²) >= 11 is 5.33. The predicted molar refractivity (Wildman–Crippen MR) is 135 cm³/mol. The van der Waals surface area contributed by atoms with E-state index in [-0.39, 0.29) is 10.7 Å². The van der Waals surface area contributed by atoms with Crippen molar-refractivity contribution in [3.8, 4) is 5.82 Å². The largest absolute Gasteiger partial charge is 0.303 e. The van der Waals surface area contributed by atoms with Gasteiger partial charge in [0.25, 0.3) is 11.8 Å². The summed E-state index contributed by atoms with van der Waals surface area (Å²) in [5.41, 5.74) is 5.53. The van der Waals surface area contributed by atoms with E-state index in [2.05, 4.69) is 24.1 Å². The van der Waals surface area contributed by atoms with Crippen molar-refractivity contribution >= 4 is 40.9 Å². The van der Waals surface area contributed by atoms with Gasteiger partial charge in [0.05, 0.1) is 5.69 Å². The lowest BCUT2D eigenvalue weighted by Crippen LogP contribution is -2.54. The molecule has 4 rings (SSSR count). The zero-order valence-corrected chi connectivity index (χ0v) is 20.2. The smallest absolute Gasteiger partial charge is 0.270 e. The molecule has 1 aromatic carbocycles. The number of carbonyl (C=O) groups is 2. The van der Waals surface area contributed by atoms with Crippen LogP contribution in [0.25, 0.3) is 11.9 Å². The lowest BCUT2D eigenvalue weighted by atomic mass is 10.0. The standard InChI is InChI=1S/C26H26N4O2S/c1-15(2)19-6-8-21(9-7-19)30-25(32)22(24(31)28-26(30)33)14-20-13-17(4)29(18(20)5)23-12-16(3)10-11-27-23/h6-15H,1-5H3,(H,28,31,33)/b22-14+.